The minimum Gasteiger partial charge on any atom is -0.481 e. The van der Waals surface area contributed by atoms with Gasteiger partial charge in [-0.25, -0.2) is 9.59 Å². The number of carbonyl (C=O) groups excluding carboxylic acids is 2. The van der Waals surface area contributed by atoms with Gasteiger partial charge in [0.05, 0.1) is 6.42 Å². The molecule has 0 aromatic rings. The maximum atomic E-state index is 11.9. The van der Waals surface area contributed by atoms with E-state index in [1.165, 1.54) is 0 Å². The van der Waals surface area contributed by atoms with Crippen LogP contribution in [0.5, 0.6) is 0 Å². The number of carboxylic acids is 2. The number of rotatable bonds is 8. The first-order valence-electron chi connectivity index (χ1n) is 5.91. The number of aliphatic carboxylic acids is 2. The van der Waals surface area contributed by atoms with E-state index in [0.29, 0.717) is 0 Å². The zero-order chi connectivity index (χ0) is 15.9. The lowest BCUT2D eigenvalue weighted by Crippen LogP contribution is -2.51. The smallest absolute Gasteiger partial charge is 0.326 e. The molecule has 0 unspecified atom stereocenters. The Hall–Kier alpha value is -2.32. The van der Waals surface area contributed by atoms with Gasteiger partial charge < -0.3 is 26.2 Å². The van der Waals surface area contributed by atoms with Crippen LogP contribution in [-0.2, 0) is 14.4 Å². The van der Waals surface area contributed by atoms with E-state index >= 15 is 0 Å². The zero-order valence-corrected chi connectivity index (χ0v) is 11.3. The van der Waals surface area contributed by atoms with Crippen LogP contribution in [0.25, 0.3) is 0 Å². The summed E-state index contributed by atoms with van der Waals surface area (Å²) in [6.07, 6.45) is -0.757. The molecule has 0 rings (SSSR count). The summed E-state index contributed by atoms with van der Waals surface area (Å²) in [6, 6.07) is -2.41. The Morgan fingerprint density at radius 3 is 2.10 bits per heavy atom. The number of carboxylic acid groups (broad SMARTS) is 2. The third kappa shape index (κ3) is 7.19. The quantitative estimate of drug-likeness (QED) is 0.453. The second-order valence-electron chi connectivity index (χ2n) is 4.68. The van der Waals surface area contributed by atoms with Crippen molar-refractivity contribution in [1.29, 1.82) is 0 Å². The molecule has 0 bridgehead atoms. The summed E-state index contributed by atoms with van der Waals surface area (Å²) in [6.45, 7) is 3.41. The third-order valence-corrected chi connectivity index (χ3v) is 2.19. The standard InChI is InChI=1S/C11H19N3O6/c1-6(2)4-14(5-8(12)15)11(20)13-7(10(18)19)3-9(16)17/h6-7H,3-5H2,1-2H3,(H2,12,15)(H,13,20)(H,16,17)(H,18,19)/t7-/m0/s1. The fourth-order valence-electron chi connectivity index (χ4n) is 1.46. The summed E-state index contributed by atoms with van der Waals surface area (Å²) in [4.78, 5) is 45.2. The number of nitrogens with one attached hydrogen (secondary N) is 1. The molecule has 114 valence electrons. The van der Waals surface area contributed by atoms with Gasteiger partial charge in [0.15, 0.2) is 0 Å². The largest absolute Gasteiger partial charge is 0.481 e. The van der Waals surface area contributed by atoms with E-state index in [4.69, 9.17) is 15.9 Å². The maximum Gasteiger partial charge on any atom is 0.326 e. The van der Waals surface area contributed by atoms with Crippen LogP contribution in [0.4, 0.5) is 4.79 Å². The highest BCUT2D eigenvalue weighted by Crippen LogP contribution is 2.01. The molecule has 0 saturated heterocycles. The van der Waals surface area contributed by atoms with Crippen LogP contribution in [0.3, 0.4) is 0 Å². The van der Waals surface area contributed by atoms with Crippen molar-refractivity contribution in [2.45, 2.75) is 26.3 Å². The van der Waals surface area contributed by atoms with E-state index in [1.807, 2.05) is 0 Å². The predicted octanol–water partition coefficient (Wildman–Crippen LogP) is -0.933. The van der Waals surface area contributed by atoms with E-state index in [1.54, 1.807) is 13.8 Å². The molecule has 0 aliphatic rings. The van der Waals surface area contributed by atoms with Gasteiger partial charge in [-0.3, -0.25) is 9.59 Å². The lowest BCUT2D eigenvalue weighted by atomic mass is 10.2. The molecular formula is C11H19N3O6. The fourth-order valence-corrected chi connectivity index (χ4v) is 1.46. The van der Waals surface area contributed by atoms with Crippen LogP contribution in [0.15, 0.2) is 0 Å². The predicted molar refractivity (Wildman–Crippen MR) is 67.8 cm³/mol. The van der Waals surface area contributed by atoms with Gasteiger partial charge in [-0.2, -0.15) is 0 Å². The van der Waals surface area contributed by atoms with Crippen molar-refractivity contribution >= 4 is 23.9 Å². The molecule has 9 nitrogen and oxygen atoms in total. The molecule has 0 fully saturated rings. The van der Waals surface area contributed by atoms with Gasteiger partial charge in [0, 0.05) is 6.54 Å². The molecule has 0 aromatic carbocycles. The second kappa shape index (κ2) is 7.97. The minimum atomic E-state index is -1.57. The van der Waals surface area contributed by atoms with Gasteiger partial charge in [-0.1, -0.05) is 13.8 Å². The Kier molecular flexibility index (Phi) is 7.05. The molecule has 1 atom stereocenters. The monoisotopic (exact) mass is 289 g/mol. The van der Waals surface area contributed by atoms with E-state index in [9.17, 15) is 19.2 Å². The lowest BCUT2D eigenvalue weighted by Gasteiger charge is -2.25. The Morgan fingerprint density at radius 2 is 1.75 bits per heavy atom. The number of hydrogen-bond donors (Lipinski definition) is 4. The first kappa shape index (κ1) is 17.7. The highest BCUT2D eigenvalue weighted by Gasteiger charge is 2.26. The average Bonchev–Trinajstić information content (AvgIpc) is 2.24. The van der Waals surface area contributed by atoms with Crippen molar-refractivity contribution in [2.75, 3.05) is 13.1 Å². The van der Waals surface area contributed by atoms with Crippen molar-refractivity contribution in [1.82, 2.24) is 10.2 Å². The van der Waals surface area contributed by atoms with Crippen molar-refractivity contribution in [3.63, 3.8) is 0 Å². The van der Waals surface area contributed by atoms with Gasteiger partial charge in [0.1, 0.15) is 12.6 Å². The molecule has 5 N–H and O–H groups in total. The van der Waals surface area contributed by atoms with E-state index in [2.05, 4.69) is 5.32 Å². The molecule has 0 spiro atoms. The highest BCUT2D eigenvalue weighted by molar-refractivity contribution is 5.88. The Morgan fingerprint density at radius 1 is 1.20 bits per heavy atom. The Balaban J connectivity index is 4.81. The summed E-state index contributed by atoms with van der Waals surface area (Å²) in [5, 5.41) is 19.5. The first-order valence-corrected chi connectivity index (χ1v) is 5.91. The number of primary amides is 1. The zero-order valence-electron chi connectivity index (χ0n) is 11.3. The van der Waals surface area contributed by atoms with Crippen molar-refractivity contribution in [3.8, 4) is 0 Å². The minimum absolute atomic E-state index is 0.0304. The van der Waals surface area contributed by atoms with Gasteiger partial charge in [-0.05, 0) is 5.92 Å². The summed E-state index contributed by atoms with van der Waals surface area (Å²) < 4.78 is 0. The highest BCUT2D eigenvalue weighted by atomic mass is 16.4. The Bertz CT molecular complexity index is 396. The van der Waals surface area contributed by atoms with Crippen molar-refractivity contribution in [2.24, 2.45) is 11.7 Å². The number of hydrogen-bond acceptors (Lipinski definition) is 4. The molecule has 0 saturated carbocycles. The van der Waals surface area contributed by atoms with Gasteiger partial charge >= 0.3 is 18.0 Å². The van der Waals surface area contributed by atoms with Crippen LogP contribution >= 0.6 is 0 Å². The normalized spacial score (nSPS) is 11.8. The fraction of sp³-hybridized carbons (Fsp3) is 0.636. The number of urea groups is 1. The molecule has 0 aliphatic carbocycles. The summed E-state index contributed by atoms with van der Waals surface area (Å²) >= 11 is 0. The molecule has 0 aliphatic heterocycles. The Labute approximate surface area is 115 Å². The summed E-state index contributed by atoms with van der Waals surface area (Å²) in [5.41, 5.74) is 5.01. The first-order chi connectivity index (χ1) is 9.13. The number of nitrogens with zero attached hydrogens (tertiary/aromatic N) is 1. The molecule has 9 heteroatoms. The van der Waals surface area contributed by atoms with Crippen LogP contribution in [0.2, 0.25) is 0 Å². The summed E-state index contributed by atoms with van der Waals surface area (Å²) in [5.74, 6) is -3.54. The van der Waals surface area contributed by atoms with E-state index in [0.717, 1.165) is 4.90 Å². The lowest BCUT2D eigenvalue weighted by molar-refractivity contribution is -0.145. The molecule has 0 radical (unpaired) electrons. The van der Waals surface area contributed by atoms with Gasteiger partial charge in [-0.15, -0.1) is 0 Å². The summed E-state index contributed by atoms with van der Waals surface area (Å²) in [7, 11) is 0. The average molecular weight is 289 g/mol. The maximum absolute atomic E-state index is 11.9. The van der Waals surface area contributed by atoms with E-state index < -0.39 is 36.3 Å². The van der Waals surface area contributed by atoms with Crippen LogP contribution in [0, 0.1) is 5.92 Å². The van der Waals surface area contributed by atoms with Crippen LogP contribution < -0.4 is 11.1 Å². The number of amides is 3. The third-order valence-electron chi connectivity index (χ3n) is 2.19. The van der Waals surface area contributed by atoms with E-state index in [-0.39, 0.29) is 19.0 Å². The SMILES string of the molecule is CC(C)CN(CC(N)=O)C(=O)N[C@@H](CC(=O)O)C(=O)O. The van der Waals surface area contributed by atoms with Crippen LogP contribution in [0.1, 0.15) is 20.3 Å². The second-order valence-corrected chi connectivity index (χ2v) is 4.68. The van der Waals surface area contributed by atoms with Gasteiger partial charge in [0.25, 0.3) is 0 Å². The van der Waals surface area contributed by atoms with Crippen molar-refractivity contribution < 1.29 is 29.4 Å². The molecule has 3 amide bonds. The molecular weight excluding hydrogens is 270 g/mol. The molecule has 0 heterocycles. The number of carbonyl (C=O) groups is 4. The van der Waals surface area contributed by atoms with Crippen molar-refractivity contribution in [3.05, 3.63) is 0 Å². The number of nitrogens with two attached hydrogens (primary N) is 1. The molecule has 0 aromatic heterocycles. The van der Waals surface area contributed by atoms with Gasteiger partial charge in [0.2, 0.25) is 5.91 Å². The molecule has 20 heavy (non-hydrogen) atoms. The van der Waals surface area contributed by atoms with Crippen LogP contribution in [-0.4, -0.2) is 58.1 Å². The topological polar surface area (TPSA) is 150 Å².